The molecular weight excluding hydrogens is 437 g/mol. The van der Waals surface area contributed by atoms with E-state index < -0.39 is 24.2 Å². The van der Waals surface area contributed by atoms with E-state index in [-0.39, 0.29) is 12.5 Å². The highest BCUT2D eigenvalue weighted by Crippen LogP contribution is 2.44. The van der Waals surface area contributed by atoms with E-state index in [0.717, 1.165) is 0 Å². The molecule has 0 radical (unpaired) electrons. The number of aliphatic carboxylic acids is 1. The zero-order chi connectivity index (χ0) is 21.1. The maximum atomic E-state index is 12.8. The SMILES string of the molecule is CCC[C@H](C(=O)O)N1C(=O)CO[C@H](c2ccc(Cl)cc2Cl)[C@@H]1c1ccc(Cl)cc1. The fourth-order valence-electron chi connectivity index (χ4n) is 3.64. The lowest BCUT2D eigenvalue weighted by Gasteiger charge is -2.44. The number of halogens is 3. The van der Waals surface area contributed by atoms with Gasteiger partial charge in [-0.1, -0.05) is 66.3 Å². The molecule has 1 heterocycles. The molecule has 1 saturated heterocycles. The largest absolute Gasteiger partial charge is 0.480 e. The monoisotopic (exact) mass is 455 g/mol. The summed E-state index contributed by atoms with van der Waals surface area (Å²) in [7, 11) is 0. The van der Waals surface area contributed by atoms with Crippen LogP contribution >= 0.6 is 34.8 Å². The summed E-state index contributed by atoms with van der Waals surface area (Å²) < 4.78 is 5.89. The van der Waals surface area contributed by atoms with Crippen molar-refractivity contribution in [2.45, 2.75) is 38.0 Å². The van der Waals surface area contributed by atoms with Gasteiger partial charge in [0.25, 0.3) is 0 Å². The van der Waals surface area contributed by atoms with Crippen molar-refractivity contribution >= 4 is 46.7 Å². The molecule has 0 aliphatic carbocycles. The van der Waals surface area contributed by atoms with Crippen molar-refractivity contribution in [3.63, 3.8) is 0 Å². The molecule has 8 heteroatoms. The first-order valence-electron chi connectivity index (χ1n) is 9.19. The Hall–Kier alpha value is -1.79. The van der Waals surface area contributed by atoms with Crippen LogP contribution in [0, 0.1) is 0 Å². The second-order valence-corrected chi connectivity index (χ2v) is 8.12. The molecule has 0 spiro atoms. The van der Waals surface area contributed by atoms with Crippen LogP contribution in [0.5, 0.6) is 0 Å². The maximum absolute atomic E-state index is 12.8. The average Bonchev–Trinajstić information content (AvgIpc) is 2.67. The van der Waals surface area contributed by atoms with E-state index in [0.29, 0.717) is 39.0 Å². The fraction of sp³-hybridized carbons (Fsp3) is 0.333. The second-order valence-electron chi connectivity index (χ2n) is 6.84. The van der Waals surface area contributed by atoms with Gasteiger partial charge in [0.1, 0.15) is 18.8 Å². The Morgan fingerprint density at radius 2 is 1.83 bits per heavy atom. The molecule has 1 aliphatic rings. The number of hydrogen-bond acceptors (Lipinski definition) is 3. The Morgan fingerprint density at radius 1 is 1.17 bits per heavy atom. The van der Waals surface area contributed by atoms with Crippen molar-refractivity contribution in [2.24, 2.45) is 0 Å². The standard InChI is InChI=1S/C21H20Cl3NO4/c1-2-3-17(21(27)28)25-18(26)11-29-20(15-9-8-14(23)10-16(15)24)19(25)12-4-6-13(22)7-5-12/h4-10,17,19-20H,2-3,11H2,1H3,(H,27,28)/t17-,19+,20-/m1/s1. The fourth-order valence-corrected chi connectivity index (χ4v) is 4.28. The Balaban J connectivity index is 2.15. The molecule has 1 fully saturated rings. The Bertz CT molecular complexity index is 903. The molecule has 0 aromatic heterocycles. The summed E-state index contributed by atoms with van der Waals surface area (Å²) in [6, 6.07) is 10.3. The lowest BCUT2D eigenvalue weighted by Crippen LogP contribution is -2.53. The Labute approximate surface area is 184 Å². The topological polar surface area (TPSA) is 66.8 Å². The summed E-state index contributed by atoms with van der Waals surface area (Å²) in [6.45, 7) is 1.65. The maximum Gasteiger partial charge on any atom is 0.326 e. The van der Waals surface area contributed by atoms with Crippen molar-refractivity contribution in [2.75, 3.05) is 6.61 Å². The number of amides is 1. The van der Waals surface area contributed by atoms with Crippen molar-refractivity contribution in [1.82, 2.24) is 4.90 Å². The van der Waals surface area contributed by atoms with Crippen molar-refractivity contribution in [1.29, 1.82) is 0 Å². The number of benzene rings is 2. The van der Waals surface area contributed by atoms with Gasteiger partial charge in [0, 0.05) is 20.6 Å². The minimum Gasteiger partial charge on any atom is -0.480 e. The molecule has 1 aliphatic heterocycles. The molecule has 0 saturated carbocycles. The zero-order valence-corrected chi connectivity index (χ0v) is 17.9. The van der Waals surface area contributed by atoms with E-state index in [2.05, 4.69) is 0 Å². The van der Waals surface area contributed by atoms with Gasteiger partial charge in [-0.2, -0.15) is 0 Å². The summed E-state index contributed by atoms with van der Waals surface area (Å²) in [5.74, 6) is -1.44. The average molecular weight is 457 g/mol. The number of ether oxygens (including phenoxy) is 1. The number of carbonyl (C=O) groups is 2. The predicted molar refractivity (Wildman–Crippen MR) is 113 cm³/mol. The van der Waals surface area contributed by atoms with Crippen molar-refractivity contribution in [3.8, 4) is 0 Å². The van der Waals surface area contributed by atoms with Crippen LogP contribution in [-0.4, -0.2) is 34.5 Å². The van der Waals surface area contributed by atoms with Crippen LogP contribution in [0.4, 0.5) is 0 Å². The third kappa shape index (κ3) is 4.69. The van der Waals surface area contributed by atoms with Gasteiger partial charge in [-0.05, 0) is 36.2 Å². The first-order valence-corrected chi connectivity index (χ1v) is 10.3. The van der Waals surface area contributed by atoms with E-state index in [4.69, 9.17) is 39.5 Å². The zero-order valence-electron chi connectivity index (χ0n) is 15.6. The lowest BCUT2D eigenvalue weighted by atomic mass is 9.90. The first-order chi connectivity index (χ1) is 13.8. The minimum absolute atomic E-state index is 0.235. The van der Waals surface area contributed by atoms with Crippen LogP contribution in [0.15, 0.2) is 42.5 Å². The summed E-state index contributed by atoms with van der Waals surface area (Å²) in [5.41, 5.74) is 1.34. The van der Waals surface area contributed by atoms with E-state index in [9.17, 15) is 14.7 Å². The third-order valence-electron chi connectivity index (χ3n) is 4.92. The van der Waals surface area contributed by atoms with E-state index in [1.807, 2.05) is 6.92 Å². The van der Waals surface area contributed by atoms with E-state index >= 15 is 0 Å². The summed E-state index contributed by atoms with van der Waals surface area (Å²) in [6.07, 6.45) is 0.283. The number of rotatable bonds is 6. The van der Waals surface area contributed by atoms with Gasteiger partial charge in [-0.25, -0.2) is 4.79 Å². The smallest absolute Gasteiger partial charge is 0.326 e. The quantitative estimate of drug-likeness (QED) is 0.619. The highest BCUT2D eigenvalue weighted by atomic mass is 35.5. The molecule has 3 atom stereocenters. The van der Waals surface area contributed by atoms with Gasteiger partial charge in [0.15, 0.2) is 0 Å². The predicted octanol–water partition coefficient (Wildman–Crippen LogP) is 5.54. The number of morpholine rings is 1. The summed E-state index contributed by atoms with van der Waals surface area (Å²) >= 11 is 18.5. The first kappa shape index (κ1) is 21.9. The molecule has 154 valence electrons. The van der Waals surface area contributed by atoms with Gasteiger partial charge in [0.05, 0.1) is 6.04 Å². The lowest BCUT2D eigenvalue weighted by molar-refractivity contribution is -0.171. The number of carboxylic acid groups (broad SMARTS) is 1. The molecular formula is C21H20Cl3NO4. The third-order valence-corrected chi connectivity index (χ3v) is 5.74. The summed E-state index contributed by atoms with van der Waals surface area (Å²) in [5, 5.41) is 11.2. The molecule has 3 rings (SSSR count). The minimum atomic E-state index is -1.05. The Kier molecular flexibility index (Phi) is 7.06. The van der Waals surface area contributed by atoms with Crippen molar-refractivity contribution in [3.05, 3.63) is 68.7 Å². The molecule has 2 aromatic rings. The molecule has 0 unspecified atom stereocenters. The number of carboxylic acids is 1. The van der Waals surface area contributed by atoms with Crippen LogP contribution in [0.3, 0.4) is 0 Å². The van der Waals surface area contributed by atoms with Crippen LogP contribution in [0.2, 0.25) is 15.1 Å². The van der Waals surface area contributed by atoms with Gasteiger partial charge in [-0.15, -0.1) is 0 Å². The van der Waals surface area contributed by atoms with Crippen LogP contribution in [0.1, 0.15) is 43.0 Å². The highest BCUT2D eigenvalue weighted by Gasteiger charge is 2.44. The molecule has 29 heavy (non-hydrogen) atoms. The molecule has 0 bridgehead atoms. The summed E-state index contributed by atoms with van der Waals surface area (Å²) in [4.78, 5) is 26.3. The second kappa shape index (κ2) is 9.35. The molecule has 1 amide bonds. The van der Waals surface area contributed by atoms with Crippen molar-refractivity contribution < 1.29 is 19.4 Å². The van der Waals surface area contributed by atoms with Gasteiger partial charge in [-0.3, -0.25) is 4.79 Å². The number of hydrogen-bond donors (Lipinski definition) is 1. The van der Waals surface area contributed by atoms with E-state index in [1.165, 1.54) is 4.90 Å². The highest BCUT2D eigenvalue weighted by molar-refractivity contribution is 6.35. The molecule has 2 aromatic carbocycles. The van der Waals surface area contributed by atoms with Crippen LogP contribution < -0.4 is 0 Å². The Morgan fingerprint density at radius 3 is 2.41 bits per heavy atom. The van der Waals surface area contributed by atoms with Gasteiger partial charge >= 0.3 is 5.97 Å². The molecule has 5 nitrogen and oxygen atoms in total. The van der Waals surface area contributed by atoms with E-state index in [1.54, 1.807) is 42.5 Å². The van der Waals surface area contributed by atoms with Gasteiger partial charge in [0.2, 0.25) is 5.91 Å². The van der Waals surface area contributed by atoms with Crippen LogP contribution in [-0.2, 0) is 14.3 Å². The number of carbonyl (C=O) groups excluding carboxylic acids is 1. The van der Waals surface area contributed by atoms with Gasteiger partial charge < -0.3 is 14.7 Å². The normalized spacial score (nSPS) is 20.6. The number of nitrogens with zero attached hydrogens (tertiary/aromatic N) is 1. The molecule has 1 N–H and O–H groups in total. The van der Waals surface area contributed by atoms with Crippen LogP contribution in [0.25, 0.3) is 0 Å².